The molecule has 0 aliphatic carbocycles. The molecular formula is C14H16N2O8. The summed E-state index contributed by atoms with van der Waals surface area (Å²) in [4.78, 5) is 46.5. The van der Waals surface area contributed by atoms with Gasteiger partial charge < -0.3 is 19.7 Å². The molecule has 0 aromatic heterocycles. The Morgan fingerprint density at radius 2 is 1.00 bits per heavy atom. The number of carbonyl (C=O) groups excluding carboxylic acids is 4. The van der Waals surface area contributed by atoms with Gasteiger partial charge >= 0.3 is 0 Å². The van der Waals surface area contributed by atoms with E-state index in [-0.39, 0.29) is 26.4 Å². The van der Waals surface area contributed by atoms with Gasteiger partial charge in [-0.25, -0.2) is 9.80 Å². The SMILES string of the molecule is O=C1C=CC(=O)N1[C@H](O)COCCOC[C@@H](O)N1C(=O)C=CC1=O. The lowest BCUT2D eigenvalue weighted by Crippen LogP contribution is -2.43. The molecule has 4 amide bonds. The van der Waals surface area contributed by atoms with Gasteiger partial charge in [0.05, 0.1) is 26.4 Å². The van der Waals surface area contributed by atoms with E-state index in [2.05, 4.69) is 0 Å². The number of imide groups is 2. The van der Waals surface area contributed by atoms with Crippen molar-refractivity contribution >= 4 is 23.6 Å². The summed E-state index contributed by atoms with van der Waals surface area (Å²) in [6.07, 6.45) is 1.38. The van der Waals surface area contributed by atoms with Crippen LogP contribution in [0.4, 0.5) is 0 Å². The van der Waals surface area contributed by atoms with Crippen molar-refractivity contribution in [1.82, 2.24) is 9.80 Å². The van der Waals surface area contributed by atoms with Crippen LogP contribution in [0.25, 0.3) is 0 Å². The molecular weight excluding hydrogens is 324 g/mol. The van der Waals surface area contributed by atoms with E-state index < -0.39 is 36.1 Å². The normalized spacial score (nSPS) is 19.8. The Morgan fingerprint density at radius 3 is 1.29 bits per heavy atom. The number of aliphatic hydroxyl groups excluding tert-OH is 2. The molecule has 0 fully saturated rings. The molecule has 2 rings (SSSR count). The molecule has 10 nitrogen and oxygen atoms in total. The van der Waals surface area contributed by atoms with Crippen LogP contribution in [-0.2, 0) is 28.7 Å². The van der Waals surface area contributed by atoms with Crippen molar-refractivity contribution in [2.45, 2.75) is 12.5 Å². The average molecular weight is 340 g/mol. The zero-order chi connectivity index (χ0) is 17.7. The van der Waals surface area contributed by atoms with Crippen LogP contribution >= 0.6 is 0 Å². The zero-order valence-corrected chi connectivity index (χ0v) is 12.5. The van der Waals surface area contributed by atoms with Crippen molar-refractivity contribution in [2.24, 2.45) is 0 Å². The molecule has 0 radical (unpaired) electrons. The average Bonchev–Trinajstić information content (AvgIpc) is 3.04. The first-order chi connectivity index (χ1) is 11.4. The third kappa shape index (κ3) is 4.11. The topological polar surface area (TPSA) is 134 Å². The molecule has 0 aromatic carbocycles. The summed E-state index contributed by atoms with van der Waals surface area (Å²) in [6, 6.07) is 0. The van der Waals surface area contributed by atoms with Gasteiger partial charge in [-0.2, -0.15) is 0 Å². The van der Waals surface area contributed by atoms with E-state index in [1.165, 1.54) is 0 Å². The van der Waals surface area contributed by atoms with Gasteiger partial charge in [0.15, 0.2) is 12.5 Å². The van der Waals surface area contributed by atoms with Crippen molar-refractivity contribution in [3.8, 4) is 0 Å². The number of amides is 4. The zero-order valence-electron chi connectivity index (χ0n) is 12.5. The first-order valence-corrected chi connectivity index (χ1v) is 7.04. The molecule has 2 aliphatic heterocycles. The lowest BCUT2D eigenvalue weighted by molar-refractivity contribution is -0.156. The first-order valence-electron chi connectivity index (χ1n) is 7.04. The van der Waals surface area contributed by atoms with Gasteiger partial charge in [0, 0.05) is 24.3 Å². The highest BCUT2D eigenvalue weighted by atomic mass is 16.5. The molecule has 0 bridgehead atoms. The number of nitrogens with zero attached hydrogens (tertiary/aromatic N) is 2. The molecule has 2 N–H and O–H groups in total. The van der Waals surface area contributed by atoms with Crippen molar-refractivity contribution in [2.75, 3.05) is 26.4 Å². The number of carbonyl (C=O) groups is 4. The quantitative estimate of drug-likeness (QED) is 0.348. The van der Waals surface area contributed by atoms with E-state index in [0.717, 1.165) is 24.3 Å². The Morgan fingerprint density at radius 1 is 0.708 bits per heavy atom. The summed E-state index contributed by atoms with van der Waals surface area (Å²) in [5, 5.41) is 19.4. The highest BCUT2D eigenvalue weighted by molar-refractivity contribution is 6.13. The van der Waals surface area contributed by atoms with Gasteiger partial charge in [0.2, 0.25) is 0 Å². The van der Waals surface area contributed by atoms with E-state index in [0.29, 0.717) is 9.80 Å². The van der Waals surface area contributed by atoms with E-state index in [1.807, 2.05) is 0 Å². The molecule has 2 heterocycles. The minimum absolute atomic E-state index is 0.00751. The molecule has 2 aliphatic rings. The number of hydrogen-bond acceptors (Lipinski definition) is 8. The molecule has 0 saturated carbocycles. The Bertz CT molecular complexity index is 512. The second-order valence-corrected chi connectivity index (χ2v) is 4.87. The van der Waals surface area contributed by atoms with Crippen molar-refractivity contribution < 1.29 is 38.9 Å². The summed E-state index contributed by atoms with van der Waals surface area (Å²) >= 11 is 0. The Hall–Kier alpha value is -2.40. The van der Waals surface area contributed by atoms with Gasteiger partial charge in [-0.1, -0.05) is 0 Å². The third-order valence-corrected chi connectivity index (χ3v) is 3.19. The minimum atomic E-state index is -1.41. The molecule has 130 valence electrons. The molecule has 0 unspecified atom stereocenters. The van der Waals surface area contributed by atoms with Crippen molar-refractivity contribution in [3.05, 3.63) is 24.3 Å². The summed E-state index contributed by atoms with van der Waals surface area (Å²) in [5.41, 5.74) is 0. The Labute approximate surface area is 136 Å². The maximum atomic E-state index is 11.3. The second kappa shape index (κ2) is 7.93. The predicted molar refractivity (Wildman–Crippen MR) is 75.6 cm³/mol. The maximum Gasteiger partial charge on any atom is 0.255 e. The highest BCUT2D eigenvalue weighted by Crippen LogP contribution is 2.08. The van der Waals surface area contributed by atoms with Crippen molar-refractivity contribution in [3.63, 3.8) is 0 Å². The van der Waals surface area contributed by atoms with Crippen LogP contribution in [0, 0.1) is 0 Å². The summed E-state index contributed by atoms with van der Waals surface area (Å²) < 4.78 is 10.1. The fourth-order valence-electron chi connectivity index (χ4n) is 2.06. The van der Waals surface area contributed by atoms with E-state index >= 15 is 0 Å². The number of aliphatic hydroxyl groups is 2. The van der Waals surface area contributed by atoms with Crippen LogP contribution < -0.4 is 0 Å². The molecule has 0 saturated heterocycles. The Balaban J connectivity index is 1.59. The molecule has 0 aromatic rings. The van der Waals surface area contributed by atoms with Crippen LogP contribution in [0.3, 0.4) is 0 Å². The van der Waals surface area contributed by atoms with Crippen LogP contribution in [0.5, 0.6) is 0 Å². The fraction of sp³-hybridized carbons (Fsp3) is 0.429. The standard InChI is InChI=1S/C14H16N2O8/c17-9-1-2-10(18)15(9)13(21)7-23-5-6-24-8-14(22)16-11(19)3-4-12(16)20/h1-4,13-14,21-22H,5-8H2/t13-,14-/m1/s1. The molecule has 0 spiro atoms. The van der Waals surface area contributed by atoms with Crippen LogP contribution in [0.15, 0.2) is 24.3 Å². The molecule has 24 heavy (non-hydrogen) atoms. The Kier molecular flexibility index (Phi) is 5.93. The first kappa shape index (κ1) is 17.9. The van der Waals surface area contributed by atoms with Gasteiger partial charge in [-0.05, 0) is 0 Å². The van der Waals surface area contributed by atoms with Crippen molar-refractivity contribution in [1.29, 1.82) is 0 Å². The van der Waals surface area contributed by atoms with Gasteiger partial charge in [-0.3, -0.25) is 19.2 Å². The predicted octanol–water partition coefficient (Wildman–Crippen LogP) is -2.49. The molecule has 2 atom stereocenters. The highest BCUT2D eigenvalue weighted by Gasteiger charge is 2.30. The lowest BCUT2D eigenvalue weighted by Gasteiger charge is -2.22. The summed E-state index contributed by atoms with van der Waals surface area (Å²) in [6.45, 7) is -0.572. The van der Waals surface area contributed by atoms with Gasteiger partial charge in [-0.15, -0.1) is 0 Å². The lowest BCUT2D eigenvalue weighted by atomic mass is 10.4. The number of rotatable bonds is 9. The van der Waals surface area contributed by atoms with E-state index in [1.54, 1.807) is 0 Å². The van der Waals surface area contributed by atoms with Crippen LogP contribution in [0.1, 0.15) is 0 Å². The van der Waals surface area contributed by atoms with Gasteiger partial charge in [0.1, 0.15) is 0 Å². The van der Waals surface area contributed by atoms with Gasteiger partial charge in [0.25, 0.3) is 23.6 Å². The monoisotopic (exact) mass is 340 g/mol. The maximum absolute atomic E-state index is 11.3. The van der Waals surface area contributed by atoms with E-state index in [4.69, 9.17) is 9.47 Å². The number of hydrogen-bond donors (Lipinski definition) is 2. The second-order valence-electron chi connectivity index (χ2n) is 4.87. The molecule has 10 heteroatoms. The smallest absolute Gasteiger partial charge is 0.255 e. The van der Waals surface area contributed by atoms with Crippen LogP contribution in [-0.4, -0.2) is 82.5 Å². The van der Waals surface area contributed by atoms with Crippen LogP contribution in [0.2, 0.25) is 0 Å². The number of ether oxygens (including phenoxy) is 2. The largest absolute Gasteiger partial charge is 0.374 e. The minimum Gasteiger partial charge on any atom is -0.374 e. The third-order valence-electron chi connectivity index (χ3n) is 3.19. The fourth-order valence-corrected chi connectivity index (χ4v) is 2.06. The summed E-state index contributed by atoms with van der Waals surface area (Å²) in [5.74, 6) is -2.49. The summed E-state index contributed by atoms with van der Waals surface area (Å²) in [7, 11) is 0. The van der Waals surface area contributed by atoms with E-state index in [9.17, 15) is 29.4 Å².